The van der Waals surface area contributed by atoms with Gasteiger partial charge in [0.1, 0.15) is 5.75 Å². The average Bonchev–Trinajstić information content (AvgIpc) is 3.08. The molecule has 3 aromatic carbocycles. The number of fused-ring (bicyclic) bond motifs is 1. The highest BCUT2D eigenvalue weighted by atomic mass is 16.7. The molecular weight excluding hydrogens is 439 g/mol. The van der Waals surface area contributed by atoms with Crippen molar-refractivity contribution in [2.45, 2.75) is 45.4 Å². The summed E-state index contributed by atoms with van der Waals surface area (Å²) in [6.07, 6.45) is 0. The van der Waals surface area contributed by atoms with E-state index in [0.717, 1.165) is 33.4 Å². The lowest BCUT2D eigenvalue weighted by Gasteiger charge is -2.32. The molecule has 0 amide bonds. The second-order valence-electron chi connectivity index (χ2n) is 9.92. The van der Waals surface area contributed by atoms with Crippen LogP contribution in [0, 0.1) is 0 Å². The van der Waals surface area contributed by atoms with Crippen LogP contribution in [0.15, 0.2) is 77.6 Å². The highest BCUT2D eigenvalue weighted by molar-refractivity contribution is 6.62. The van der Waals surface area contributed by atoms with Crippen LogP contribution in [0.25, 0.3) is 22.0 Å². The van der Waals surface area contributed by atoms with Gasteiger partial charge in [0.25, 0.3) is 5.56 Å². The minimum Gasteiger partial charge on any atom is -0.497 e. The van der Waals surface area contributed by atoms with Crippen LogP contribution in [0.4, 0.5) is 0 Å². The van der Waals surface area contributed by atoms with Gasteiger partial charge in [0.15, 0.2) is 0 Å². The van der Waals surface area contributed by atoms with Crippen molar-refractivity contribution in [2.75, 3.05) is 7.11 Å². The molecule has 35 heavy (non-hydrogen) atoms. The summed E-state index contributed by atoms with van der Waals surface area (Å²) in [4.78, 5) is 13.2. The Morgan fingerprint density at radius 3 is 2.06 bits per heavy atom. The van der Waals surface area contributed by atoms with E-state index in [4.69, 9.17) is 19.1 Å². The van der Waals surface area contributed by atoms with Crippen LogP contribution in [0.3, 0.4) is 0 Å². The topological polar surface area (TPSA) is 62.6 Å². The van der Waals surface area contributed by atoms with Crippen LogP contribution in [0.1, 0.15) is 33.3 Å². The number of nitrogens with zero attached hydrogens (tertiary/aromatic N) is 2. The van der Waals surface area contributed by atoms with Gasteiger partial charge in [-0.25, -0.2) is 4.68 Å². The molecule has 1 fully saturated rings. The summed E-state index contributed by atoms with van der Waals surface area (Å²) < 4.78 is 19.2. The highest BCUT2D eigenvalue weighted by Crippen LogP contribution is 2.36. The third-order valence-electron chi connectivity index (χ3n) is 7.07. The molecule has 2 heterocycles. The van der Waals surface area contributed by atoms with E-state index in [2.05, 4.69) is 0 Å². The number of hydrogen-bond donors (Lipinski definition) is 0. The van der Waals surface area contributed by atoms with E-state index in [9.17, 15) is 4.79 Å². The zero-order valence-electron chi connectivity index (χ0n) is 20.7. The number of rotatable bonds is 5. The number of hydrogen-bond acceptors (Lipinski definition) is 5. The van der Waals surface area contributed by atoms with E-state index in [1.807, 2.05) is 100 Å². The van der Waals surface area contributed by atoms with Gasteiger partial charge in [-0.1, -0.05) is 54.6 Å². The lowest BCUT2D eigenvalue weighted by Crippen LogP contribution is -2.41. The largest absolute Gasteiger partial charge is 0.497 e. The summed E-state index contributed by atoms with van der Waals surface area (Å²) in [5.41, 5.74) is 2.69. The Morgan fingerprint density at radius 2 is 1.46 bits per heavy atom. The second kappa shape index (κ2) is 8.66. The Hall–Kier alpha value is -3.42. The summed E-state index contributed by atoms with van der Waals surface area (Å²) in [5.74, 6) is 0.773. The van der Waals surface area contributed by atoms with Gasteiger partial charge >= 0.3 is 7.12 Å². The fourth-order valence-electron chi connectivity index (χ4n) is 4.24. The standard InChI is InChI=1S/C28H29BN2O4/c1-27(2)28(3,4)35-29(34-27)21-14-12-20(13-15-21)25-23-8-6-7-9-24(23)26(32)31(30-25)18-19-10-16-22(33-5)17-11-19/h6-17H,18H2,1-5H3. The molecule has 0 spiro atoms. The quantitative estimate of drug-likeness (QED) is 0.406. The van der Waals surface area contributed by atoms with Crippen molar-refractivity contribution in [1.29, 1.82) is 0 Å². The Bertz CT molecular complexity index is 1410. The minimum atomic E-state index is -0.428. The van der Waals surface area contributed by atoms with Crippen molar-refractivity contribution >= 4 is 23.4 Å². The van der Waals surface area contributed by atoms with Gasteiger partial charge in [-0.15, -0.1) is 0 Å². The average molecular weight is 468 g/mol. The number of aromatic nitrogens is 2. The van der Waals surface area contributed by atoms with Gasteiger partial charge in [0.2, 0.25) is 0 Å². The maximum absolute atomic E-state index is 13.2. The van der Waals surface area contributed by atoms with Crippen molar-refractivity contribution in [1.82, 2.24) is 9.78 Å². The lowest BCUT2D eigenvalue weighted by molar-refractivity contribution is 0.00578. The van der Waals surface area contributed by atoms with Gasteiger partial charge in [-0.05, 0) is 56.9 Å². The third-order valence-corrected chi connectivity index (χ3v) is 7.07. The van der Waals surface area contributed by atoms with Crippen LogP contribution in [0.2, 0.25) is 0 Å². The fourth-order valence-corrected chi connectivity index (χ4v) is 4.24. The van der Waals surface area contributed by atoms with E-state index in [-0.39, 0.29) is 5.56 Å². The van der Waals surface area contributed by atoms with Crippen molar-refractivity contribution in [2.24, 2.45) is 0 Å². The first kappa shape index (κ1) is 23.3. The van der Waals surface area contributed by atoms with Gasteiger partial charge in [-0.3, -0.25) is 4.79 Å². The predicted molar refractivity (Wildman–Crippen MR) is 139 cm³/mol. The number of benzene rings is 3. The number of methoxy groups -OCH3 is 1. The Balaban J connectivity index is 1.52. The predicted octanol–water partition coefficient (Wildman–Crippen LogP) is 4.42. The van der Waals surface area contributed by atoms with Crippen molar-refractivity contribution in [3.8, 4) is 17.0 Å². The monoisotopic (exact) mass is 468 g/mol. The molecule has 1 aliphatic heterocycles. The first-order valence-electron chi connectivity index (χ1n) is 11.8. The van der Waals surface area contributed by atoms with Crippen LogP contribution < -0.4 is 15.8 Å². The van der Waals surface area contributed by atoms with Gasteiger partial charge in [-0.2, -0.15) is 5.10 Å². The third kappa shape index (κ3) is 4.26. The normalized spacial score (nSPS) is 16.5. The molecule has 0 radical (unpaired) electrons. The van der Waals surface area contributed by atoms with Crippen molar-refractivity contribution in [3.05, 3.63) is 88.7 Å². The van der Waals surface area contributed by atoms with Crippen molar-refractivity contribution < 1.29 is 14.0 Å². The van der Waals surface area contributed by atoms with E-state index in [1.165, 1.54) is 4.68 Å². The SMILES string of the molecule is COc1ccc(Cn2nc(-c3ccc(B4OC(C)(C)C(C)(C)O4)cc3)c3ccccc3c2=O)cc1. The van der Waals surface area contributed by atoms with Crippen LogP contribution in [-0.4, -0.2) is 35.2 Å². The summed E-state index contributed by atoms with van der Waals surface area (Å²) >= 11 is 0. The van der Waals surface area contributed by atoms with Gasteiger partial charge < -0.3 is 14.0 Å². The lowest BCUT2D eigenvalue weighted by atomic mass is 9.78. The molecular formula is C28H29BN2O4. The van der Waals surface area contributed by atoms with Crippen LogP contribution >= 0.6 is 0 Å². The fraction of sp³-hybridized carbons (Fsp3) is 0.286. The molecule has 1 saturated heterocycles. The number of ether oxygens (including phenoxy) is 1. The van der Waals surface area contributed by atoms with Gasteiger partial charge in [0.05, 0.1) is 35.9 Å². The molecule has 0 unspecified atom stereocenters. The van der Waals surface area contributed by atoms with Crippen molar-refractivity contribution in [3.63, 3.8) is 0 Å². The maximum Gasteiger partial charge on any atom is 0.494 e. The molecule has 1 aromatic heterocycles. The summed E-state index contributed by atoms with van der Waals surface area (Å²) in [7, 11) is 1.21. The molecule has 0 saturated carbocycles. The van der Waals surface area contributed by atoms with E-state index < -0.39 is 18.3 Å². The van der Waals surface area contributed by atoms with Crippen LogP contribution in [0.5, 0.6) is 5.75 Å². The molecule has 6 nitrogen and oxygen atoms in total. The molecule has 0 aliphatic carbocycles. The van der Waals surface area contributed by atoms with E-state index in [1.54, 1.807) is 7.11 Å². The molecule has 0 atom stereocenters. The first-order chi connectivity index (χ1) is 16.7. The van der Waals surface area contributed by atoms with Crippen LogP contribution in [-0.2, 0) is 15.9 Å². The zero-order valence-corrected chi connectivity index (χ0v) is 20.7. The van der Waals surface area contributed by atoms with Gasteiger partial charge in [0, 0.05) is 10.9 Å². The summed E-state index contributed by atoms with van der Waals surface area (Å²) in [5, 5.41) is 6.26. The smallest absolute Gasteiger partial charge is 0.494 e. The second-order valence-corrected chi connectivity index (χ2v) is 9.92. The molecule has 4 aromatic rings. The summed E-state index contributed by atoms with van der Waals surface area (Å²) in [6, 6.07) is 23.3. The minimum absolute atomic E-state index is 0.117. The highest BCUT2D eigenvalue weighted by Gasteiger charge is 2.51. The molecule has 1 aliphatic rings. The Labute approximate surface area is 205 Å². The summed E-state index contributed by atoms with van der Waals surface area (Å²) in [6.45, 7) is 8.55. The first-order valence-corrected chi connectivity index (χ1v) is 11.8. The molecule has 5 rings (SSSR count). The van der Waals surface area contributed by atoms with E-state index >= 15 is 0 Å². The maximum atomic E-state index is 13.2. The van der Waals surface area contributed by atoms with E-state index in [0.29, 0.717) is 11.9 Å². The molecule has 7 heteroatoms. The Morgan fingerprint density at radius 1 is 0.857 bits per heavy atom. The molecule has 0 bridgehead atoms. The molecule has 0 N–H and O–H groups in total. The Kier molecular flexibility index (Phi) is 5.78. The zero-order chi connectivity index (χ0) is 24.8. The molecule has 178 valence electrons.